The van der Waals surface area contributed by atoms with Gasteiger partial charge in [0.1, 0.15) is 0 Å². The summed E-state index contributed by atoms with van der Waals surface area (Å²) in [7, 11) is 0. The van der Waals surface area contributed by atoms with E-state index in [1.54, 1.807) is 0 Å². The molecule has 2 unspecified atom stereocenters. The van der Waals surface area contributed by atoms with E-state index in [9.17, 15) is 0 Å². The van der Waals surface area contributed by atoms with Crippen LogP contribution >= 0.6 is 0 Å². The Labute approximate surface area is 110 Å². The minimum absolute atomic E-state index is 0.299. The molecule has 2 atom stereocenters. The van der Waals surface area contributed by atoms with Crippen molar-refractivity contribution in [1.82, 2.24) is 14.5 Å². The first-order chi connectivity index (χ1) is 8.72. The van der Waals surface area contributed by atoms with Crippen molar-refractivity contribution in [3.63, 3.8) is 0 Å². The van der Waals surface area contributed by atoms with Crippen LogP contribution in [0.5, 0.6) is 0 Å². The molecular weight excluding hydrogens is 224 g/mol. The van der Waals surface area contributed by atoms with Gasteiger partial charge in [-0.1, -0.05) is 13.8 Å². The Bertz CT molecular complexity index is 370. The maximum atomic E-state index is 6.04. The summed E-state index contributed by atoms with van der Waals surface area (Å²) in [4.78, 5) is 6.83. The highest BCUT2D eigenvalue weighted by Crippen LogP contribution is 2.37. The summed E-state index contributed by atoms with van der Waals surface area (Å²) in [6.07, 6.45) is 7.70. The molecule has 0 amide bonds. The lowest BCUT2D eigenvalue weighted by molar-refractivity contribution is 0.146. The van der Waals surface area contributed by atoms with Crippen LogP contribution in [0, 0.1) is 0 Å². The number of imidazole rings is 1. The zero-order valence-electron chi connectivity index (χ0n) is 11.8. The SMILES string of the molecule is CCC(C)N(CC)C(CN)c1cncn1C1CC1. The third-order valence-corrected chi connectivity index (χ3v) is 4.12. The lowest BCUT2D eigenvalue weighted by Gasteiger charge is -2.35. The second-order valence-electron chi connectivity index (χ2n) is 5.30. The molecule has 1 fully saturated rings. The van der Waals surface area contributed by atoms with Crippen molar-refractivity contribution in [1.29, 1.82) is 0 Å². The highest BCUT2D eigenvalue weighted by molar-refractivity contribution is 5.10. The van der Waals surface area contributed by atoms with Gasteiger partial charge in [0.05, 0.1) is 18.1 Å². The standard InChI is InChI=1S/C14H26N4/c1-4-11(3)17(5-2)13(8-15)14-9-16-10-18(14)12-6-7-12/h9-13H,4-8,15H2,1-3H3. The van der Waals surface area contributed by atoms with Gasteiger partial charge in [0.25, 0.3) is 0 Å². The average Bonchev–Trinajstić information content (AvgIpc) is 3.13. The van der Waals surface area contributed by atoms with Crippen LogP contribution in [0.4, 0.5) is 0 Å². The first-order valence-electron chi connectivity index (χ1n) is 7.20. The molecule has 2 N–H and O–H groups in total. The molecule has 1 aliphatic rings. The molecule has 0 saturated heterocycles. The van der Waals surface area contributed by atoms with Gasteiger partial charge in [-0.05, 0) is 32.7 Å². The Morgan fingerprint density at radius 3 is 2.72 bits per heavy atom. The van der Waals surface area contributed by atoms with Gasteiger partial charge in [-0.15, -0.1) is 0 Å². The highest BCUT2D eigenvalue weighted by atomic mass is 15.2. The summed E-state index contributed by atoms with van der Waals surface area (Å²) in [6.45, 7) is 8.43. The maximum absolute atomic E-state index is 6.04. The van der Waals surface area contributed by atoms with Gasteiger partial charge in [0, 0.05) is 24.8 Å². The topological polar surface area (TPSA) is 47.1 Å². The quantitative estimate of drug-likeness (QED) is 0.808. The van der Waals surface area contributed by atoms with Gasteiger partial charge >= 0.3 is 0 Å². The molecule has 1 heterocycles. The van der Waals surface area contributed by atoms with Gasteiger partial charge in [0.2, 0.25) is 0 Å². The fraction of sp³-hybridized carbons (Fsp3) is 0.786. The number of nitrogens with two attached hydrogens (primary N) is 1. The number of nitrogens with zero attached hydrogens (tertiary/aromatic N) is 3. The van der Waals surface area contributed by atoms with Gasteiger partial charge in [-0.2, -0.15) is 0 Å². The Kier molecular flexibility index (Phi) is 4.40. The normalized spacial score (nSPS) is 19.2. The summed E-state index contributed by atoms with van der Waals surface area (Å²) in [6, 6.07) is 1.53. The second-order valence-corrected chi connectivity index (χ2v) is 5.30. The molecule has 4 heteroatoms. The van der Waals surface area contributed by atoms with Crippen LogP contribution in [0.2, 0.25) is 0 Å². The summed E-state index contributed by atoms with van der Waals surface area (Å²) in [5.74, 6) is 0. The molecule has 2 rings (SSSR count). The van der Waals surface area contributed by atoms with Crippen molar-refractivity contribution >= 4 is 0 Å². The Hall–Kier alpha value is -0.870. The molecule has 1 aromatic rings. The third-order valence-electron chi connectivity index (χ3n) is 4.12. The number of likely N-dealkylation sites (N-methyl/N-ethyl adjacent to an activating group) is 1. The minimum atomic E-state index is 0.299. The van der Waals surface area contributed by atoms with Gasteiger partial charge in [-0.3, -0.25) is 4.90 Å². The van der Waals surface area contributed by atoms with Crippen LogP contribution < -0.4 is 5.73 Å². The lowest BCUT2D eigenvalue weighted by Crippen LogP contribution is -2.40. The molecule has 18 heavy (non-hydrogen) atoms. The number of hydrogen-bond acceptors (Lipinski definition) is 3. The maximum Gasteiger partial charge on any atom is 0.0951 e. The van der Waals surface area contributed by atoms with Crippen molar-refractivity contribution in [3.05, 3.63) is 18.2 Å². The number of aromatic nitrogens is 2. The minimum Gasteiger partial charge on any atom is -0.330 e. The third kappa shape index (κ3) is 2.59. The predicted molar refractivity (Wildman–Crippen MR) is 74.4 cm³/mol. The summed E-state index contributed by atoms with van der Waals surface area (Å²) in [5.41, 5.74) is 7.33. The van der Waals surface area contributed by atoms with E-state index in [0.29, 0.717) is 24.7 Å². The smallest absolute Gasteiger partial charge is 0.0951 e. The monoisotopic (exact) mass is 250 g/mol. The molecule has 0 spiro atoms. The molecule has 1 saturated carbocycles. The molecular formula is C14H26N4. The van der Waals surface area contributed by atoms with E-state index in [2.05, 4.69) is 35.2 Å². The van der Waals surface area contributed by atoms with Crippen LogP contribution in [-0.4, -0.2) is 33.6 Å². The van der Waals surface area contributed by atoms with E-state index in [1.165, 1.54) is 18.5 Å². The van der Waals surface area contributed by atoms with Crippen molar-refractivity contribution in [3.8, 4) is 0 Å². The van der Waals surface area contributed by atoms with E-state index >= 15 is 0 Å². The fourth-order valence-electron chi connectivity index (χ4n) is 2.73. The van der Waals surface area contributed by atoms with Crippen molar-refractivity contribution < 1.29 is 0 Å². The average molecular weight is 250 g/mol. The molecule has 102 valence electrons. The largest absolute Gasteiger partial charge is 0.330 e. The van der Waals surface area contributed by atoms with Crippen LogP contribution in [0.3, 0.4) is 0 Å². The van der Waals surface area contributed by atoms with E-state index in [-0.39, 0.29) is 0 Å². The van der Waals surface area contributed by atoms with Crippen LogP contribution in [0.25, 0.3) is 0 Å². The molecule has 1 aromatic heterocycles. The predicted octanol–water partition coefficient (Wildman–Crippen LogP) is 2.34. The number of hydrogen-bond donors (Lipinski definition) is 1. The second kappa shape index (κ2) is 5.85. The van der Waals surface area contributed by atoms with Crippen molar-refractivity contribution in [2.24, 2.45) is 5.73 Å². The Morgan fingerprint density at radius 2 is 2.22 bits per heavy atom. The molecule has 0 bridgehead atoms. The van der Waals surface area contributed by atoms with E-state index in [4.69, 9.17) is 5.73 Å². The van der Waals surface area contributed by atoms with E-state index in [1.807, 2.05) is 12.5 Å². The van der Waals surface area contributed by atoms with Crippen molar-refractivity contribution in [2.45, 2.75) is 58.2 Å². The zero-order valence-corrected chi connectivity index (χ0v) is 11.8. The van der Waals surface area contributed by atoms with Gasteiger partial charge in [0.15, 0.2) is 0 Å². The molecule has 0 radical (unpaired) electrons. The van der Waals surface area contributed by atoms with Gasteiger partial charge < -0.3 is 10.3 Å². The van der Waals surface area contributed by atoms with Crippen molar-refractivity contribution in [2.75, 3.05) is 13.1 Å². The van der Waals surface area contributed by atoms with Crippen LogP contribution in [-0.2, 0) is 0 Å². The van der Waals surface area contributed by atoms with Gasteiger partial charge in [-0.25, -0.2) is 4.98 Å². The first-order valence-corrected chi connectivity index (χ1v) is 7.20. The molecule has 4 nitrogen and oxygen atoms in total. The molecule has 1 aliphatic carbocycles. The Morgan fingerprint density at radius 1 is 1.50 bits per heavy atom. The fourth-order valence-corrected chi connectivity index (χ4v) is 2.73. The zero-order chi connectivity index (χ0) is 13.1. The summed E-state index contributed by atoms with van der Waals surface area (Å²) >= 11 is 0. The number of rotatable bonds is 7. The van der Waals surface area contributed by atoms with Crippen LogP contribution in [0.15, 0.2) is 12.5 Å². The van der Waals surface area contributed by atoms with Crippen LogP contribution in [0.1, 0.15) is 57.8 Å². The highest BCUT2D eigenvalue weighted by Gasteiger charge is 2.30. The summed E-state index contributed by atoms with van der Waals surface area (Å²) in [5, 5.41) is 0. The molecule has 0 aromatic carbocycles. The summed E-state index contributed by atoms with van der Waals surface area (Å²) < 4.78 is 2.34. The Balaban J connectivity index is 2.22. The first kappa shape index (κ1) is 13.6. The lowest BCUT2D eigenvalue weighted by atomic mass is 10.1. The van der Waals surface area contributed by atoms with E-state index < -0.39 is 0 Å². The van der Waals surface area contributed by atoms with E-state index in [0.717, 1.165) is 13.0 Å². The molecule has 0 aliphatic heterocycles.